The average molecular weight is 304 g/mol. The summed E-state index contributed by atoms with van der Waals surface area (Å²) >= 11 is 0. The maximum atomic E-state index is 9.89. The number of phenolic OH excluding ortho intramolecular Hbond substituents is 5. The molecular weight excluding hydrogens is 288 g/mol. The van der Waals surface area contributed by atoms with Gasteiger partial charge in [0.05, 0.1) is 0 Å². The van der Waals surface area contributed by atoms with Gasteiger partial charge in [-0.1, -0.05) is 0 Å². The first kappa shape index (κ1) is 14.2. The summed E-state index contributed by atoms with van der Waals surface area (Å²) in [5.41, 5.74) is 1.64. The van der Waals surface area contributed by atoms with E-state index in [9.17, 15) is 25.5 Å². The summed E-state index contributed by atoms with van der Waals surface area (Å²) in [6.45, 7) is 1.68. The Morgan fingerprint density at radius 2 is 1.55 bits per heavy atom. The lowest BCUT2D eigenvalue weighted by Crippen LogP contribution is -2.16. The molecule has 0 unspecified atom stereocenters. The zero-order chi connectivity index (χ0) is 16.0. The maximum absolute atomic E-state index is 9.89. The number of ether oxygens (including phenoxy) is 1. The number of aromatic hydroxyl groups is 5. The number of hydrogen-bond donors (Lipinski definition) is 5. The third-order valence-electron chi connectivity index (χ3n) is 3.96. The van der Waals surface area contributed by atoms with Crippen molar-refractivity contribution in [3.05, 3.63) is 34.9 Å². The molecule has 3 rings (SSSR count). The van der Waals surface area contributed by atoms with Crippen molar-refractivity contribution in [1.82, 2.24) is 0 Å². The third-order valence-corrected chi connectivity index (χ3v) is 3.96. The van der Waals surface area contributed by atoms with E-state index in [1.54, 1.807) is 6.92 Å². The number of hydrogen-bond acceptors (Lipinski definition) is 6. The summed E-state index contributed by atoms with van der Waals surface area (Å²) in [5, 5.41) is 48.3. The molecule has 6 nitrogen and oxygen atoms in total. The van der Waals surface area contributed by atoms with Crippen LogP contribution in [-0.4, -0.2) is 25.5 Å². The first-order chi connectivity index (χ1) is 10.4. The van der Waals surface area contributed by atoms with Crippen LogP contribution in [0.4, 0.5) is 0 Å². The van der Waals surface area contributed by atoms with E-state index in [-0.39, 0.29) is 11.5 Å². The average Bonchev–Trinajstić information content (AvgIpc) is 2.49. The van der Waals surface area contributed by atoms with Crippen LogP contribution in [0.5, 0.6) is 34.5 Å². The molecule has 1 aliphatic heterocycles. The molecule has 22 heavy (non-hydrogen) atoms. The monoisotopic (exact) mass is 304 g/mol. The van der Waals surface area contributed by atoms with Crippen molar-refractivity contribution in [2.45, 2.75) is 25.9 Å². The molecule has 2 aromatic rings. The van der Waals surface area contributed by atoms with Crippen LogP contribution in [0.1, 0.15) is 29.2 Å². The van der Waals surface area contributed by atoms with Gasteiger partial charge in [0, 0.05) is 17.2 Å². The van der Waals surface area contributed by atoms with Gasteiger partial charge in [0.25, 0.3) is 0 Å². The van der Waals surface area contributed by atoms with Crippen LogP contribution in [0, 0.1) is 6.92 Å². The molecule has 0 bridgehead atoms. The molecule has 2 aromatic carbocycles. The van der Waals surface area contributed by atoms with E-state index in [0.29, 0.717) is 35.3 Å². The molecule has 5 N–H and O–H groups in total. The molecule has 0 saturated heterocycles. The summed E-state index contributed by atoms with van der Waals surface area (Å²) in [6, 6.07) is 3.93. The van der Waals surface area contributed by atoms with Crippen molar-refractivity contribution in [1.29, 1.82) is 0 Å². The Kier molecular flexibility index (Phi) is 3.16. The molecule has 0 fully saturated rings. The molecule has 116 valence electrons. The molecule has 1 aliphatic rings. The van der Waals surface area contributed by atoms with Crippen LogP contribution in [0.2, 0.25) is 0 Å². The van der Waals surface area contributed by atoms with E-state index < -0.39 is 23.4 Å². The third kappa shape index (κ3) is 2.13. The highest BCUT2D eigenvalue weighted by molar-refractivity contribution is 5.57. The fourth-order valence-corrected chi connectivity index (χ4v) is 2.71. The second-order valence-electron chi connectivity index (χ2n) is 5.40. The van der Waals surface area contributed by atoms with Gasteiger partial charge >= 0.3 is 0 Å². The number of phenols is 5. The second-order valence-corrected chi connectivity index (χ2v) is 5.40. The zero-order valence-electron chi connectivity index (χ0n) is 11.9. The molecule has 0 saturated carbocycles. The van der Waals surface area contributed by atoms with Crippen molar-refractivity contribution in [3.63, 3.8) is 0 Å². The lowest BCUT2D eigenvalue weighted by atomic mass is 9.94. The summed E-state index contributed by atoms with van der Waals surface area (Å²) < 4.78 is 5.84. The van der Waals surface area contributed by atoms with Gasteiger partial charge in [-0.15, -0.1) is 0 Å². The van der Waals surface area contributed by atoms with Crippen LogP contribution in [0.25, 0.3) is 0 Å². The number of rotatable bonds is 1. The van der Waals surface area contributed by atoms with Gasteiger partial charge in [0.15, 0.2) is 17.2 Å². The fraction of sp³-hybridized carbons (Fsp3) is 0.250. The zero-order valence-corrected chi connectivity index (χ0v) is 11.9. The molecule has 0 aromatic heterocycles. The van der Waals surface area contributed by atoms with Gasteiger partial charge in [-0.2, -0.15) is 0 Å². The van der Waals surface area contributed by atoms with E-state index in [1.807, 2.05) is 0 Å². The van der Waals surface area contributed by atoms with E-state index in [2.05, 4.69) is 0 Å². The summed E-state index contributed by atoms with van der Waals surface area (Å²) in [5.74, 6) is -1.12. The lowest BCUT2D eigenvalue weighted by molar-refractivity contribution is 0.171. The first-order valence-electron chi connectivity index (χ1n) is 6.84. The van der Waals surface area contributed by atoms with Crippen LogP contribution >= 0.6 is 0 Å². The van der Waals surface area contributed by atoms with E-state index in [1.165, 1.54) is 18.2 Å². The minimum absolute atomic E-state index is 0.0204. The first-order valence-corrected chi connectivity index (χ1v) is 6.84. The largest absolute Gasteiger partial charge is 0.507 e. The molecule has 0 amide bonds. The van der Waals surface area contributed by atoms with Crippen molar-refractivity contribution in [3.8, 4) is 34.5 Å². The lowest BCUT2D eigenvalue weighted by Gasteiger charge is -2.28. The van der Waals surface area contributed by atoms with E-state index in [4.69, 9.17) is 4.74 Å². The molecule has 0 aliphatic carbocycles. The van der Waals surface area contributed by atoms with E-state index in [0.717, 1.165) is 0 Å². The van der Waals surface area contributed by atoms with Crippen LogP contribution in [-0.2, 0) is 6.42 Å². The summed E-state index contributed by atoms with van der Waals surface area (Å²) in [7, 11) is 0. The van der Waals surface area contributed by atoms with Crippen molar-refractivity contribution < 1.29 is 30.3 Å². The van der Waals surface area contributed by atoms with Crippen molar-refractivity contribution >= 4 is 0 Å². The SMILES string of the molecule is Cc1c(O)cc(O)c2c1O[C@@H](c1cc(O)c(O)c(O)c1)CC2. The highest BCUT2D eigenvalue weighted by Gasteiger charge is 2.27. The summed E-state index contributed by atoms with van der Waals surface area (Å²) in [6.07, 6.45) is 0.578. The highest BCUT2D eigenvalue weighted by atomic mass is 16.5. The molecule has 0 radical (unpaired) electrons. The highest BCUT2D eigenvalue weighted by Crippen LogP contribution is 2.46. The Balaban J connectivity index is 2.01. The molecular formula is C16H16O6. The Hall–Kier alpha value is -2.76. The predicted molar refractivity (Wildman–Crippen MR) is 77.6 cm³/mol. The minimum atomic E-state index is -0.577. The van der Waals surface area contributed by atoms with Crippen LogP contribution in [0.15, 0.2) is 18.2 Å². The quantitative estimate of drug-likeness (QED) is 0.518. The van der Waals surface area contributed by atoms with Crippen molar-refractivity contribution in [2.75, 3.05) is 0 Å². The van der Waals surface area contributed by atoms with Gasteiger partial charge in [0.2, 0.25) is 0 Å². The normalized spacial score (nSPS) is 16.9. The molecule has 6 heteroatoms. The topological polar surface area (TPSA) is 110 Å². The maximum Gasteiger partial charge on any atom is 0.200 e. The van der Waals surface area contributed by atoms with Crippen LogP contribution < -0.4 is 4.74 Å². The molecule has 1 heterocycles. The Morgan fingerprint density at radius 1 is 0.909 bits per heavy atom. The van der Waals surface area contributed by atoms with Gasteiger partial charge in [-0.05, 0) is 37.5 Å². The Morgan fingerprint density at radius 3 is 2.18 bits per heavy atom. The van der Waals surface area contributed by atoms with Crippen molar-refractivity contribution in [2.24, 2.45) is 0 Å². The Bertz CT molecular complexity index is 730. The van der Waals surface area contributed by atoms with E-state index >= 15 is 0 Å². The van der Waals surface area contributed by atoms with Gasteiger partial charge < -0.3 is 30.3 Å². The minimum Gasteiger partial charge on any atom is -0.507 e. The second kappa shape index (κ2) is 4.91. The number of benzene rings is 2. The van der Waals surface area contributed by atoms with Gasteiger partial charge in [0.1, 0.15) is 23.4 Å². The molecule has 1 atom stereocenters. The van der Waals surface area contributed by atoms with Crippen LogP contribution in [0.3, 0.4) is 0 Å². The van der Waals surface area contributed by atoms with Gasteiger partial charge in [-0.3, -0.25) is 0 Å². The standard InChI is InChI=1S/C16H16O6/c1-7-10(17)6-11(18)9-2-3-14(22-16(7)9)8-4-12(19)15(21)13(20)5-8/h4-6,14,17-21H,2-3H2,1H3/t14-/m1/s1. The molecule has 0 spiro atoms. The predicted octanol–water partition coefficient (Wildman–Crippen LogP) is 2.59. The summed E-state index contributed by atoms with van der Waals surface area (Å²) in [4.78, 5) is 0. The number of fused-ring (bicyclic) bond motifs is 1. The fourth-order valence-electron chi connectivity index (χ4n) is 2.71. The smallest absolute Gasteiger partial charge is 0.200 e. The Labute approximate surface area is 126 Å². The van der Waals surface area contributed by atoms with Gasteiger partial charge in [-0.25, -0.2) is 0 Å².